The minimum absolute atomic E-state index is 0.318. The van der Waals surface area contributed by atoms with Gasteiger partial charge >= 0.3 is 0 Å². The second-order valence-corrected chi connectivity index (χ2v) is 5.18. The molecule has 3 nitrogen and oxygen atoms in total. The number of primary amides is 1. The molecule has 0 aromatic heterocycles. The van der Waals surface area contributed by atoms with Gasteiger partial charge < -0.3 is 5.73 Å². The van der Waals surface area contributed by atoms with Crippen LogP contribution in [-0.2, 0) is 10.3 Å². The van der Waals surface area contributed by atoms with Gasteiger partial charge in [0.2, 0.25) is 5.91 Å². The fourth-order valence-corrected chi connectivity index (χ4v) is 1.89. The zero-order chi connectivity index (χ0) is 12.5. The van der Waals surface area contributed by atoms with E-state index in [0.29, 0.717) is 0 Å². The van der Waals surface area contributed by atoms with Crippen molar-refractivity contribution in [2.24, 2.45) is 11.7 Å². The number of benzene rings is 1. The first-order valence-corrected chi connectivity index (χ1v) is 6.14. The highest BCUT2D eigenvalue weighted by Crippen LogP contribution is 2.30. The van der Waals surface area contributed by atoms with E-state index in [4.69, 9.17) is 5.73 Å². The lowest BCUT2D eigenvalue weighted by Crippen LogP contribution is -2.51. The predicted molar refractivity (Wildman–Crippen MR) is 68.5 cm³/mol. The van der Waals surface area contributed by atoms with Crippen molar-refractivity contribution in [3.63, 3.8) is 0 Å². The molecule has 2 rings (SSSR count). The Bertz CT molecular complexity index is 409. The highest BCUT2D eigenvalue weighted by molar-refractivity contribution is 5.85. The molecule has 1 saturated carbocycles. The number of carbonyl (C=O) groups excluding carboxylic acids is 1. The molecule has 0 spiro atoms. The monoisotopic (exact) mass is 232 g/mol. The molecule has 1 aromatic rings. The Balaban J connectivity index is 2.19. The smallest absolute Gasteiger partial charge is 0.242 e. The molecule has 3 heteroatoms. The van der Waals surface area contributed by atoms with Crippen LogP contribution < -0.4 is 11.1 Å². The number of hydrogen-bond donors (Lipinski definition) is 2. The standard InChI is InChI=1S/C14H20N2O/c1-10-3-7-12(8-4-10)14(2,13(15)17)16-9-11-5-6-11/h3-4,7-8,11,16H,5-6,9H2,1-2H3,(H2,15,17). The molecule has 0 heterocycles. The van der Waals surface area contributed by atoms with Crippen LogP contribution in [0.5, 0.6) is 0 Å². The third kappa shape index (κ3) is 2.67. The molecule has 1 aliphatic rings. The Morgan fingerprint density at radius 1 is 1.41 bits per heavy atom. The summed E-state index contributed by atoms with van der Waals surface area (Å²) in [6.07, 6.45) is 2.52. The molecule has 0 saturated heterocycles. The highest BCUT2D eigenvalue weighted by atomic mass is 16.1. The quantitative estimate of drug-likeness (QED) is 0.811. The van der Waals surface area contributed by atoms with Crippen molar-refractivity contribution in [3.8, 4) is 0 Å². The van der Waals surface area contributed by atoms with Gasteiger partial charge in [0.15, 0.2) is 0 Å². The van der Waals surface area contributed by atoms with Gasteiger partial charge in [0.05, 0.1) is 0 Å². The van der Waals surface area contributed by atoms with Crippen LogP contribution in [0.3, 0.4) is 0 Å². The van der Waals surface area contributed by atoms with Crippen molar-refractivity contribution < 1.29 is 4.79 Å². The highest BCUT2D eigenvalue weighted by Gasteiger charge is 2.34. The van der Waals surface area contributed by atoms with Crippen molar-refractivity contribution in [1.82, 2.24) is 5.32 Å². The molecule has 0 bridgehead atoms. The second kappa shape index (κ2) is 4.49. The van der Waals surface area contributed by atoms with E-state index < -0.39 is 5.54 Å². The fourth-order valence-electron chi connectivity index (χ4n) is 1.89. The Morgan fingerprint density at radius 2 is 2.00 bits per heavy atom. The average Bonchev–Trinajstić information content (AvgIpc) is 3.10. The molecular weight excluding hydrogens is 212 g/mol. The van der Waals surface area contributed by atoms with Gasteiger partial charge in [-0.25, -0.2) is 0 Å². The number of aryl methyl sites for hydroxylation is 1. The van der Waals surface area contributed by atoms with Gasteiger partial charge in [-0.3, -0.25) is 10.1 Å². The summed E-state index contributed by atoms with van der Waals surface area (Å²) in [5, 5.41) is 3.32. The molecule has 0 aliphatic heterocycles. The average molecular weight is 232 g/mol. The minimum atomic E-state index is -0.754. The van der Waals surface area contributed by atoms with Gasteiger partial charge in [-0.15, -0.1) is 0 Å². The Hall–Kier alpha value is -1.35. The third-order valence-corrected chi connectivity index (χ3v) is 3.56. The molecular formula is C14H20N2O. The second-order valence-electron chi connectivity index (χ2n) is 5.18. The molecule has 1 atom stereocenters. The van der Waals surface area contributed by atoms with Crippen LogP contribution in [0.2, 0.25) is 0 Å². The van der Waals surface area contributed by atoms with Gasteiger partial charge in [0.25, 0.3) is 0 Å². The van der Waals surface area contributed by atoms with Crippen LogP contribution in [0.15, 0.2) is 24.3 Å². The van der Waals surface area contributed by atoms with E-state index in [2.05, 4.69) is 5.32 Å². The van der Waals surface area contributed by atoms with Crippen molar-refractivity contribution >= 4 is 5.91 Å². The molecule has 92 valence electrons. The van der Waals surface area contributed by atoms with E-state index in [1.165, 1.54) is 18.4 Å². The fraction of sp³-hybridized carbons (Fsp3) is 0.500. The Kier molecular flexibility index (Phi) is 3.20. The Labute approximate surface area is 102 Å². The number of rotatable bonds is 5. The molecule has 17 heavy (non-hydrogen) atoms. The van der Waals surface area contributed by atoms with E-state index in [1.54, 1.807) is 0 Å². The van der Waals surface area contributed by atoms with Crippen LogP contribution in [0.1, 0.15) is 30.9 Å². The van der Waals surface area contributed by atoms with Crippen molar-refractivity contribution in [2.75, 3.05) is 6.54 Å². The summed E-state index contributed by atoms with van der Waals surface area (Å²) in [6.45, 7) is 4.76. The first-order chi connectivity index (χ1) is 8.02. The summed E-state index contributed by atoms with van der Waals surface area (Å²) >= 11 is 0. The molecule has 1 fully saturated rings. The summed E-state index contributed by atoms with van der Waals surface area (Å²) in [4.78, 5) is 11.7. The SMILES string of the molecule is Cc1ccc(C(C)(NCC2CC2)C(N)=O)cc1. The number of nitrogens with two attached hydrogens (primary N) is 1. The van der Waals surface area contributed by atoms with E-state index in [-0.39, 0.29) is 5.91 Å². The van der Waals surface area contributed by atoms with Crippen LogP contribution in [-0.4, -0.2) is 12.5 Å². The number of carbonyl (C=O) groups is 1. The van der Waals surface area contributed by atoms with Gasteiger partial charge in [0, 0.05) is 0 Å². The largest absolute Gasteiger partial charge is 0.368 e. The van der Waals surface area contributed by atoms with Gasteiger partial charge in [0.1, 0.15) is 5.54 Å². The first-order valence-electron chi connectivity index (χ1n) is 6.14. The van der Waals surface area contributed by atoms with Gasteiger partial charge in [-0.1, -0.05) is 29.8 Å². The van der Waals surface area contributed by atoms with E-state index in [1.807, 2.05) is 38.1 Å². The minimum Gasteiger partial charge on any atom is -0.368 e. The lowest BCUT2D eigenvalue weighted by atomic mass is 9.90. The number of hydrogen-bond acceptors (Lipinski definition) is 2. The molecule has 1 aromatic carbocycles. The number of nitrogens with one attached hydrogen (secondary N) is 1. The first kappa shape index (κ1) is 12.1. The van der Waals surface area contributed by atoms with E-state index in [9.17, 15) is 4.79 Å². The Morgan fingerprint density at radius 3 is 2.47 bits per heavy atom. The topological polar surface area (TPSA) is 55.1 Å². The molecule has 3 N–H and O–H groups in total. The zero-order valence-corrected chi connectivity index (χ0v) is 10.5. The molecule has 1 unspecified atom stereocenters. The normalized spacial score (nSPS) is 18.7. The van der Waals surface area contributed by atoms with Gasteiger partial charge in [-0.05, 0) is 44.7 Å². The molecule has 0 radical (unpaired) electrons. The lowest BCUT2D eigenvalue weighted by molar-refractivity contribution is -0.124. The molecule has 1 amide bonds. The number of amides is 1. The maximum absolute atomic E-state index is 11.7. The van der Waals surface area contributed by atoms with Crippen molar-refractivity contribution in [1.29, 1.82) is 0 Å². The van der Waals surface area contributed by atoms with Crippen molar-refractivity contribution in [2.45, 2.75) is 32.2 Å². The summed E-state index contributed by atoms with van der Waals surface area (Å²) in [6, 6.07) is 7.96. The van der Waals surface area contributed by atoms with Crippen LogP contribution >= 0.6 is 0 Å². The summed E-state index contributed by atoms with van der Waals surface area (Å²) in [7, 11) is 0. The maximum atomic E-state index is 11.7. The summed E-state index contributed by atoms with van der Waals surface area (Å²) in [5.74, 6) is 0.404. The van der Waals surface area contributed by atoms with Crippen LogP contribution in [0, 0.1) is 12.8 Å². The maximum Gasteiger partial charge on any atom is 0.242 e. The predicted octanol–water partition coefficient (Wildman–Crippen LogP) is 1.70. The third-order valence-electron chi connectivity index (χ3n) is 3.56. The van der Waals surface area contributed by atoms with E-state index >= 15 is 0 Å². The summed E-state index contributed by atoms with van der Waals surface area (Å²) < 4.78 is 0. The summed E-state index contributed by atoms with van der Waals surface area (Å²) in [5.41, 5.74) is 6.92. The van der Waals surface area contributed by atoms with Gasteiger partial charge in [-0.2, -0.15) is 0 Å². The zero-order valence-electron chi connectivity index (χ0n) is 10.5. The van der Waals surface area contributed by atoms with E-state index in [0.717, 1.165) is 18.0 Å². The van der Waals surface area contributed by atoms with Crippen LogP contribution in [0.4, 0.5) is 0 Å². The lowest BCUT2D eigenvalue weighted by Gasteiger charge is -2.28. The van der Waals surface area contributed by atoms with Crippen molar-refractivity contribution in [3.05, 3.63) is 35.4 Å². The molecule has 1 aliphatic carbocycles. The van der Waals surface area contributed by atoms with Crippen LogP contribution in [0.25, 0.3) is 0 Å².